The van der Waals surface area contributed by atoms with Gasteiger partial charge in [-0.05, 0) is 24.1 Å². The fourth-order valence-electron chi connectivity index (χ4n) is 2.88. The molecular weight excluding hydrogens is 433 g/mol. The van der Waals surface area contributed by atoms with E-state index in [2.05, 4.69) is 4.84 Å². The summed E-state index contributed by atoms with van der Waals surface area (Å²) < 4.78 is 44.6. The van der Waals surface area contributed by atoms with Gasteiger partial charge in [0.05, 0.1) is 17.5 Å². The van der Waals surface area contributed by atoms with Crippen molar-refractivity contribution >= 4 is 23.9 Å². The van der Waals surface area contributed by atoms with E-state index in [-0.39, 0.29) is 22.8 Å². The van der Waals surface area contributed by atoms with Crippen molar-refractivity contribution in [3.05, 3.63) is 71.3 Å². The smallest absolute Gasteiger partial charge is 0.408 e. The maximum absolute atomic E-state index is 13.3. The molecule has 0 saturated heterocycles. The largest absolute Gasteiger partial charge is 0.445 e. The molecule has 0 spiro atoms. The molecule has 1 heterocycles. The van der Waals surface area contributed by atoms with Crippen molar-refractivity contribution in [2.45, 2.75) is 31.7 Å². The van der Waals surface area contributed by atoms with Gasteiger partial charge in [-0.15, -0.1) is 0 Å². The fraction of sp³-hybridized carbons (Fsp3) is 0.238. The van der Waals surface area contributed by atoms with Gasteiger partial charge in [-0.2, -0.15) is 13.2 Å². The van der Waals surface area contributed by atoms with Gasteiger partial charge in [0.2, 0.25) is 0 Å². The molecule has 0 aromatic heterocycles. The number of alkyl carbamates (subject to hydrolysis) is 1. The zero-order valence-electron chi connectivity index (χ0n) is 16.4. The van der Waals surface area contributed by atoms with Gasteiger partial charge in [0.1, 0.15) is 12.6 Å². The summed E-state index contributed by atoms with van der Waals surface area (Å²) in [4.78, 5) is 52.7. The normalized spacial score (nSPS) is 14.0. The molecule has 3 amide bonds. The molecule has 1 atom stereocenters. The highest BCUT2D eigenvalue weighted by molar-refractivity contribution is 6.20. The van der Waals surface area contributed by atoms with Gasteiger partial charge in [0.15, 0.2) is 0 Å². The number of hydrogen-bond acceptors (Lipinski definition) is 6. The maximum Gasteiger partial charge on any atom is 0.408 e. The number of fused-ring (bicyclic) bond motifs is 1. The van der Waals surface area contributed by atoms with E-state index in [1.165, 1.54) is 24.3 Å². The molecule has 1 N–H and O–H groups in total. The van der Waals surface area contributed by atoms with Gasteiger partial charge in [0.25, 0.3) is 11.8 Å². The highest BCUT2D eigenvalue weighted by Gasteiger charge is 2.42. The highest BCUT2D eigenvalue weighted by atomic mass is 19.4. The number of carbonyl (C=O) groups is 4. The molecule has 1 aliphatic heterocycles. The first-order valence-electron chi connectivity index (χ1n) is 9.39. The summed E-state index contributed by atoms with van der Waals surface area (Å²) in [6.07, 6.45) is -7.89. The first-order valence-corrected chi connectivity index (χ1v) is 9.39. The number of nitrogens with one attached hydrogen (secondary N) is 1. The third-order valence-corrected chi connectivity index (χ3v) is 4.49. The molecule has 11 heteroatoms. The number of nitrogens with zero attached hydrogens (tertiary/aromatic N) is 1. The zero-order valence-corrected chi connectivity index (χ0v) is 16.4. The number of carbonyl (C=O) groups excluding carboxylic acids is 4. The van der Waals surface area contributed by atoms with E-state index in [0.717, 1.165) is 0 Å². The lowest BCUT2D eigenvalue weighted by Crippen LogP contribution is -2.46. The maximum atomic E-state index is 13.3. The second-order valence-electron chi connectivity index (χ2n) is 6.75. The quantitative estimate of drug-likeness (QED) is 0.649. The van der Waals surface area contributed by atoms with E-state index >= 15 is 0 Å². The minimum atomic E-state index is -4.87. The van der Waals surface area contributed by atoms with Crippen molar-refractivity contribution in [3.8, 4) is 0 Å². The van der Waals surface area contributed by atoms with Crippen LogP contribution in [0.1, 0.15) is 39.1 Å². The molecule has 2 aromatic rings. The van der Waals surface area contributed by atoms with Crippen molar-refractivity contribution in [2.24, 2.45) is 0 Å². The van der Waals surface area contributed by atoms with Crippen molar-refractivity contribution in [2.75, 3.05) is 0 Å². The summed E-state index contributed by atoms with van der Waals surface area (Å²) in [6.45, 7) is -0.237. The van der Waals surface area contributed by atoms with Crippen LogP contribution < -0.4 is 5.32 Å². The lowest BCUT2D eigenvalue weighted by molar-refractivity contribution is -0.172. The molecule has 0 unspecified atom stereocenters. The Labute approximate surface area is 179 Å². The van der Waals surface area contributed by atoms with Crippen LogP contribution in [0.5, 0.6) is 0 Å². The number of hydrogen-bond donors (Lipinski definition) is 1. The number of halogens is 3. The van der Waals surface area contributed by atoms with Gasteiger partial charge < -0.3 is 14.9 Å². The monoisotopic (exact) mass is 450 g/mol. The Balaban J connectivity index is 1.53. The lowest BCUT2D eigenvalue weighted by atomic mass is 10.1. The van der Waals surface area contributed by atoms with Crippen LogP contribution in [-0.2, 0) is 21.0 Å². The Bertz CT molecular complexity index is 991. The fourth-order valence-corrected chi connectivity index (χ4v) is 2.88. The summed E-state index contributed by atoms with van der Waals surface area (Å²) in [5.74, 6) is -3.03. The molecule has 0 fully saturated rings. The van der Waals surface area contributed by atoms with Gasteiger partial charge in [-0.1, -0.05) is 47.5 Å². The number of imide groups is 1. The van der Waals surface area contributed by atoms with Crippen molar-refractivity contribution in [3.63, 3.8) is 0 Å². The summed E-state index contributed by atoms with van der Waals surface area (Å²) in [6, 6.07) is 11.7. The van der Waals surface area contributed by atoms with E-state index in [1.54, 1.807) is 35.6 Å². The van der Waals surface area contributed by atoms with Crippen LogP contribution in [0.4, 0.5) is 18.0 Å². The van der Waals surface area contributed by atoms with Gasteiger partial charge in [0, 0.05) is 0 Å². The van der Waals surface area contributed by atoms with Crippen LogP contribution in [0.3, 0.4) is 0 Å². The number of alkyl halides is 3. The number of benzene rings is 2. The SMILES string of the molecule is O=C(CC[C@H](NC(=O)OCc1ccccc1)C(F)(F)F)ON1C(=O)c2ccccc2C1=O. The van der Waals surface area contributed by atoms with Crippen molar-refractivity contribution in [1.29, 1.82) is 0 Å². The Morgan fingerprint density at radius 1 is 0.938 bits per heavy atom. The lowest BCUT2D eigenvalue weighted by Gasteiger charge is -2.21. The topological polar surface area (TPSA) is 102 Å². The van der Waals surface area contributed by atoms with E-state index in [0.29, 0.717) is 5.56 Å². The Morgan fingerprint density at radius 2 is 1.50 bits per heavy atom. The number of hydroxylamine groups is 2. The predicted octanol–water partition coefficient (Wildman–Crippen LogP) is 3.38. The molecule has 32 heavy (non-hydrogen) atoms. The van der Waals surface area contributed by atoms with Crippen LogP contribution in [-0.4, -0.2) is 41.2 Å². The van der Waals surface area contributed by atoms with Crippen LogP contribution in [0.15, 0.2) is 54.6 Å². The molecule has 168 valence electrons. The zero-order chi connectivity index (χ0) is 23.3. The minimum Gasteiger partial charge on any atom is -0.445 e. The second-order valence-corrected chi connectivity index (χ2v) is 6.75. The Morgan fingerprint density at radius 3 is 2.06 bits per heavy atom. The number of ether oxygens (including phenoxy) is 1. The third kappa shape index (κ3) is 5.42. The van der Waals surface area contributed by atoms with E-state index in [1.807, 2.05) is 0 Å². The molecule has 2 aromatic carbocycles. The summed E-state index contributed by atoms with van der Waals surface area (Å²) in [7, 11) is 0. The Kier molecular flexibility index (Phi) is 6.76. The highest BCUT2D eigenvalue weighted by Crippen LogP contribution is 2.25. The first-order chi connectivity index (χ1) is 15.2. The summed E-state index contributed by atoms with van der Waals surface area (Å²) in [5, 5.41) is 1.87. The van der Waals surface area contributed by atoms with Crippen LogP contribution >= 0.6 is 0 Å². The van der Waals surface area contributed by atoms with Crippen LogP contribution in [0.2, 0.25) is 0 Å². The summed E-state index contributed by atoms with van der Waals surface area (Å²) in [5.41, 5.74) is 0.610. The van der Waals surface area contributed by atoms with Crippen molar-refractivity contribution < 1.29 is 41.9 Å². The summed E-state index contributed by atoms with van der Waals surface area (Å²) >= 11 is 0. The average Bonchev–Trinajstić information content (AvgIpc) is 3.00. The molecule has 0 radical (unpaired) electrons. The molecule has 0 aliphatic carbocycles. The predicted molar refractivity (Wildman–Crippen MR) is 102 cm³/mol. The molecular formula is C21H17F3N2O6. The van der Waals surface area contributed by atoms with E-state index < -0.39 is 48.9 Å². The van der Waals surface area contributed by atoms with Gasteiger partial charge in [-0.3, -0.25) is 9.59 Å². The molecule has 8 nitrogen and oxygen atoms in total. The molecule has 0 saturated carbocycles. The van der Waals surface area contributed by atoms with Crippen LogP contribution in [0, 0.1) is 0 Å². The molecule has 0 bridgehead atoms. The average molecular weight is 450 g/mol. The second kappa shape index (κ2) is 9.50. The van der Waals surface area contributed by atoms with Gasteiger partial charge in [-0.25, -0.2) is 9.59 Å². The molecule has 1 aliphatic rings. The van der Waals surface area contributed by atoms with Gasteiger partial charge >= 0.3 is 18.2 Å². The first kappa shape index (κ1) is 22.8. The van der Waals surface area contributed by atoms with Crippen molar-refractivity contribution in [1.82, 2.24) is 10.4 Å². The number of amides is 3. The third-order valence-electron chi connectivity index (χ3n) is 4.49. The Hall–Kier alpha value is -3.89. The van der Waals surface area contributed by atoms with Crippen LogP contribution in [0.25, 0.3) is 0 Å². The minimum absolute atomic E-state index is 0.0151. The standard InChI is InChI=1S/C21H17F3N2O6/c22-21(23,24)16(25-20(30)31-12-13-6-2-1-3-7-13)10-11-17(27)32-26-18(28)14-8-4-5-9-15(14)19(26)29/h1-9,16H,10-12H2,(H,25,30)/t16-/m0/s1. The number of rotatable bonds is 7. The van der Waals surface area contributed by atoms with E-state index in [4.69, 9.17) is 4.74 Å². The van der Waals surface area contributed by atoms with E-state index in [9.17, 15) is 32.3 Å². The molecule has 3 rings (SSSR count).